The molecule has 0 bridgehead atoms. The Morgan fingerprint density at radius 2 is 1.77 bits per heavy atom. The lowest BCUT2D eigenvalue weighted by Gasteiger charge is -2.19. The lowest BCUT2D eigenvalue weighted by Crippen LogP contribution is -2.33. The number of carboxylic acids is 1. The third-order valence-electron chi connectivity index (χ3n) is 4.81. The highest BCUT2D eigenvalue weighted by atomic mass is 16.5. The van der Waals surface area contributed by atoms with Crippen molar-refractivity contribution in [3.05, 3.63) is 69.5 Å². The molecule has 8 heteroatoms. The maximum Gasteiger partial charge on any atom is 0.322 e. The molecule has 4 N–H and O–H groups in total. The van der Waals surface area contributed by atoms with E-state index in [0.717, 1.165) is 5.56 Å². The molecule has 0 aliphatic heterocycles. The molecule has 0 radical (unpaired) electrons. The average molecular weight is 424 g/mol. The van der Waals surface area contributed by atoms with Crippen molar-refractivity contribution in [2.24, 2.45) is 0 Å². The molecule has 3 aromatic rings. The Bertz CT molecular complexity index is 1190. The van der Waals surface area contributed by atoms with E-state index in [0.29, 0.717) is 12.4 Å². The number of rotatable bonds is 6. The van der Waals surface area contributed by atoms with Gasteiger partial charge in [-0.1, -0.05) is 45.0 Å². The molecule has 31 heavy (non-hydrogen) atoms. The van der Waals surface area contributed by atoms with E-state index >= 15 is 0 Å². The number of carboxylic acid groups (broad SMARTS) is 1. The summed E-state index contributed by atoms with van der Waals surface area (Å²) in [6.45, 7) is 6.09. The summed E-state index contributed by atoms with van der Waals surface area (Å²) < 4.78 is 5.80. The van der Waals surface area contributed by atoms with Crippen molar-refractivity contribution in [2.75, 3.05) is 6.54 Å². The number of ether oxygens (including phenoxy) is 1. The second kappa shape index (κ2) is 8.51. The van der Waals surface area contributed by atoms with E-state index in [1.807, 2.05) is 12.1 Å². The first-order valence-corrected chi connectivity index (χ1v) is 9.67. The van der Waals surface area contributed by atoms with Crippen LogP contribution in [0.25, 0.3) is 10.9 Å². The molecule has 1 aromatic heterocycles. The number of aromatic hydroxyl groups is 1. The Balaban J connectivity index is 1.80. The number of hydrogen-bond acceptors (Lipinski definition) is 5. The summed E-state index contributed by atoms with van der Waals surface area (Å²) in [5.41, 5.74) is 1.18. The predicted molar refractivity (Wildman–Crippen MR) is 116 cm³/mol. The molecule has 3 rings (SSSR count). The van der Waals surface area contributed by atoms with E-state index in [9.17, 15) is 19.5 Å². The van der Waals surface area contributed by atoms with E-state index in [1.165, 1.54) is 11.6 Å². The van der Waals surface area contributed by atoms with Crippen molar-refractivity contribution in [2.45, 2.75) is 32.8 Å². The molecular formula is C23H24N2O6. The maximum absolute atomic E-state index is 12.3. The van der Waals surface area contributed by atoms with Crippen LogP contribution in [0.5, 0.6) is 11.5 Å². The Morgan fingerprint density at radius 3 is 2.39 bits per heavy atom. The minimum atomic E-state index is -1.26. The van der Waals surface area contributed by atoms with Crippen LogP contribution in [0.3, 0.4) is 0 Å². The summed E-state index contributed by atoms with van der Waals surface area (Å²) >= 11 is 0. The van der Waals surface area contributed by atoms with Crippen LogP contribution in [0.2, 0.25) is 0 Å². The number of aromatic amines is 1. The van der Waals surface area contributed by atoms with E-state index in [1.54, 1.807) is 12.1 Å². The summed E-state index contributed by atoms with van der Waals surface area (Å²) in [4.78, 5) is 37.5. The fourth-order valence-electron chi connectivity index (χ4n) is 3.07. The molecule has 0 saturated heterocycles. The topological polar surface area (TPSA) is 129 Å². The standard InChI is InChI=1S/C23H24N2O6/c1-23(2,3)14-6-4-13(5-7-14)12-31-15-8-9-16-17(10-15)25-22(30)19(20(16)28)21(29)24-11-18(26)27/h4-10H,11-12H2,1-3H3,(H,24,29)(H,26,27)(H2,25,28,30). The molecule has 0 saturated carbocycles. The van der Waals surface area contributed by atoms with Crippen molar-refractivity contribution >= 4 is 22.8 Å². The Morgan fingerprint density at radius 1 is 1.10 bits per heavy atom. The highest BCUT2D eigenvalue weighted by Crippen LogP contribution is 2.28. The van der Waals surface area contributed by atoms with Crippen LogP contribution in [0, 0.1) is 0 Å². The summed E-state index contributed by atoms with van der Waals surface area (Å²) in [6, 6.07) is 12.8. The van der Waals surface area contributed by atoms with Gasteiger partial charge in [0.2, 0.25) is 0 Å². The number of H-pyrrole nitrogens is 1. The number of benzene rings is 2. The van der Waals surface area contributed by atoms with Crippen LogP contribution in [0.15, 0.2) is 47.3 Å². The summed E-state index contributed by atoms with van der Waals surface area (Å²) in [6.07, 6.45) is 0. The number of hydrogen-bond donors (Lipinski definition) is 4. The number of carbonyl (C=O) groups excluding carboxylic acids is 1. The van der Waals surface area contributed by atoms with Crippen LogP contribution in [0.4, 0.5) is 0 Å². The number of aliphatic carboxylic acids is 1. The normalized spacial score (nSPS) is 11.3. The van der Waals surface area contributed by atoms with Gasteiger partial charge < -0.3 is 25.3 Å². The van der Waals surface area contributed by atoms with Gasteiger partial charge in [0.25, 0.3) is 11.5 Å². The van der Waals surface area contributed by atoms with Crippen LogP contribution in [0.1, 0.15) is 42.3 Å². The monoisotopic (exact) mass is 424 g/mol. The smallest absolute Gasteiger partial charge is 0.322 e. The fourth-order valence-corrected chi connectivity index (χ4v) is 3.07. The number of carbonyl (C=O) groups is 2. The molecule has 8 nitrogen and oxygen atoms in total. The number of fused-ring (bicyclic) bond motifs is 1. The van der Waals surface area contributed by atoms with E-state index < -0.39 is 35.3 Å². The van der Waals surface area contributed by atoms with E-state index in [2.05, 4.69) is 43.2 Å². The molecule has 0 aliphatic carbocycles. The van der Waals surface area contributed by atoms with Crippen LogP contribution in [-0.2, 0) is 16.8 Å². The van der Waals surface area contributed by atoms with Gasteiger partial charge in [0.1, 0.15) is 30.2 Å². The van der Waals surface area contributed by atoms with Gasteiger partial charge >= 0.3 is 5.97 Å². The zero-order valence-electron chi connectivity index (χ0n) is 17.5. The van der Waals surface area contributed by atoms with Crippen molar-refractivity contribution in [3.63, 3.8) is 0 Å². The average Bonchev–Trinajstić information content (AvgIpc) is 2.70. The molecule has 1 amide bonds. The lowest BCUT2D eigenvalue weighted by atomic mass is 9.87. The first-order valence-electron chi connectivity index (χ1n) is 9.67. The molecule has 0 aliphatic rings. The second-order valence-electron chi connectivity index (χ2n) is 8.20. The van der Waals surface area contributed by atoms with Crippen molar-refractivity contribution in [1.29, 1.82) is 0 Å². The molecule has 0 unspecified atom stereocenters. The first-order chi connectivity index (χ1) is 14.6. The SMILES string of the molecule is CC(C)(C)c1ccc(COc2ccc3c(O)c(C(=O)NCC(=O)O)c(=O)[nH]c3c2)cc1. The molecule has 0 fully saturated rings. The number of amides is 1. The lowest BCUT2D eigenvalue weighted by molar-refractivity contribution is -0.135. The summed E-state index contributed by atoms with van der Waals surface area (Å²) in [5.74, 6) is -2.28. The molecule has 162 valence electrons. The van der Waals surface area contributed by atoms with E-state index in [-0.39, 0.29) is 16.3 Å². The molecule has 1 heterocycles. The van der Waals surface area contributed by atoms with Crippen LogP contribution >= 0.6 is 0 Å². The molecule has 0 atom stereocenters. The Hall–Kier alpha value is -3.81. The molecule has 2 aromatic carbocycles. The molecule has 0 spiro atoms. The Kier molecular flexibility index (Phi) is 6.01. The summed E-state index contributed by atoms with van der Waals surface area (Å²) in [7, 11) is 0. The molecular weight excluding hydrogens is 400 g/mol. The quantitative estimate of drug-likeness (QED) is 0.482. The van der Waals surface area contributed by atoms with Gasteiger partial charge in [0, 0.05) is 11.5 Å². The van der Waals surface area contributed by atoms with Crippen molar-refractivity contribution in [3.8, 4) is 11.5 Å². The van der Waals surface area contributed by atoms with E-state index in [4.69, 9.17) is 9.84 Å². The van der Waals surface area contributed by atoms with Gasteiger partial charge in [-0.05, 0) is 28.7 Å². The van der Waals surface area contributed by atoms with Gasteiger partial charge in [-0.2, -0.15) is 0 Å². The zero-order chi connectivity index (χ0) is 22.8. The van der Waals surface area contributed by atoms with Gasteiger partial charge in [-0.25, -0.2) is 0 Å². The highest BCUT2D eigenvalue weighted by Gasteiger charge is 2.20. The summed E-state index contributed by atoms with van der Waals surface area (Å²) in [5, 5.41) is 21.3. The van der Waals surface area contributed by atoms with Gasteiger partial charge in [-0.3, -0.25) is 14.4 Å². The number of pyridine rings is 1. The minimum absolute atomic E-state index is 0.0645. The van der Waals surface area contributed by atoms with Crippen LogP contribution < -0.4 is 15.6 Å². The highest BCUT2D eigenvalue weighted by molar-refractivity contribution is 6.03. The number of nitrogens with one attached hydrogen (secondary N) is 2. The largest absolute Gasteiger partial charge is 0.506 e. The second-order valence-corrected chi connectivity index (χ2v) is 8.20. The fraction of sp³-hybridized carbons (Fsp3) is 0.261. The Labute approximate surface area is 178 Å². The minimum Gasteiger partial charge on any atom is -0.506 e. The number of aromatic nitrogens is 1. The zero-order valence-corrected chi connectivity index (χ0v) is 17.5. The third kappa shape index (κ3) is 5.03. The predicted octanol–water partition coefficient (Wildman–Crippen LogP) is 2.92. The van der Waals surface area contributed by atoms with Crippen molar-refractivity contribution in [1.82, 2.24) is 10.3 Å². The van der Waals surface area contributed by atoms with Gasteiger partial charge in [0.05, 0.1) is 5.52 Å². The third-order valence-corrected chi connectivity index (χ3v) is 4.81. The van der Waals surface area contributed by atoms with Crippen LogP contribution in [-0.4, -0.2) is 33.6 Å². The first kappa shape index (κ1) is 21.9. The van der Waals surface area contributed by atoms with Gasteiger partial charge in [0.15, 0.2) is 0 Å². The van der Waals surface area contributed by atoms with Gasteiger partial charge in [-0.15, -0.1) is 0 Å². The maximum atomic E-state index is 12.3. The van der Waals surface area contributed by atoms with Crippen molar-refractivity contribution < 1.29 is 24.5 Å².